The third-order valence-electron chi connectivity index (χ3n) is 4.09. The molecule has 9 heteroatoms. The van der Waals surface area contributed by atoms with Gasteiger partial charge >= 0.3 is 0 Å². The number of ether oxygens (including phenoxy) is 1. The summed E-state index contributed by atoms with van der Waals surface area (Å²) in [6, 6.07) is 5.05. The van der Waals surface area contributed by atoms with Gasteiger partial charge in [-0.2, -0.15) is 9.97 Å². The van der Waals surface area contributed by atoms with E-state index in [9.17, 15) is 10.2 Å². The molecule has 27 heavy (non-hydrogen) atoms. The maximum absolute atomic E-state index is 10.1. The van der Waals surface area contributed by atoms with Crippen LogP contribution in [0.5, 0.6) is 11.5 Å². The number of fused-ring (bicyclic) bond motifs is 1. The lowest BCUT2D eigenvalue weighted by atomic mass is 10.2. The van der Waals surface area contributed by atoms with Gasteiger partial charge in [0, 0.05) is 25.2 Å². The van der Waals surface area contributed by atoms with E-state index >= 15 is 0 Å². The van der Waals surface area contributed by atoms with E-state index in [-0.39, 0.29) is 5.75 Å². The number of aryl methyl sites for hydroxylation is 1. The van der Waals surface area contributed by atoms with Gasteiger partial charge in [0.25, 0.3) is 0 Å². The molecule has 0 spiro atoms. The summed E-state index contributed by atoms with van der Waals surface area (Å²) in [5, 5.41) is 25.8. The molecule has 1 aromatic carbocycles. The van der Waals surface area contributed by atoms with Crippen molar-refractivity contribution in [3.63, 3.8) is 0 Å². The second-order valence-electron chi connectivity index (χ2n) is 6.18. The summed E-state index contributed by atoms with van der Waals surface area (Å²) in [6.07, 6.45) is 1.19. The van der Waals surface area contributed by atoms with Crippen molar-refractivity contribution in [3.05, 3.63) is 30.1 Å². The topological polar surface area (TPSA) is 117 Å². The first-order chi connectivity index (χ1) is 13.0. The lowest BCUT2D eigenvalue weighted by molar-refractivity contribution is 0.208. The zero-order chi connectivity index (χ0) is 19.4. The van der Waals surface area contributed by atoms with Crippen molar-refractivity contribution in [3.8, 4) is 11.5 Å². The summed E-state index contributed by atoms with van der Waals surface area (Å²) in [4.78, 5) is 13.4. The van der Waals surface area contributed by atoms with Gasteiger partial charge < -0.3 is 30.2 Å². The van der Waals surface area contributed by atoms with Crippen molar-refractivity contribution in [2.75, 3.05) is 24.3 Å². The van der Waals surface area contributed by atoms with Gasteiger partial charge in [-0.1, -0.05) is 0 Å². The highest BCUT2D eigenvalue weighted by molar-refractivity contribution is 5.84. The molecular formula is C18H24N6O3. The highest BCUT2D eigenvalue weighted by Crippen LogP contribution is 2.26. The second-order valence-corrected chi connectivity index (χ2v) is 6.18. The number of benzene rings is 1. The third-order valence-corrected chi connectivity index (χ3v) is 4.09. The number of methoxy groups -OCH3 is 1. The number of anilines is 2. The number of nitrogens with one attached hydrogen (secondary N) is 2. The van der Waals surface area contributed by atoms with Crippen LogP contribution in [0.1, 0.15) is 19.4 Å². The largest absolute Gasteiger partial charge is 0.508 e. The van der Waals surface area contributed by atoms with Crippen LogP contribution in [0, 0.1) is 0 Å². The van der Waals surface area contributed by atoms with Crippen molar-refractivity contribution in [2.45, 2.75) is 33.0 Å². The fraction of sp³-hybridized carbons (Fsp3) is 0.389. The smallest absolute Gasteiger partial charge is 0.226 e. The monoisotopic (exact) mass is 372 g/mol. The van der Waals surface area contributed by atoms with Crippen LogP contribution in [0.3, 0.4) is 0 Å². The van der Waals surface area contributed by atoms with Gasteiger partial charge in [-0.05, 0) is 32.0 Å². The number of phenols is 1. The highest BCUT2D eigenvalue weighted by atomic mass is 16.5. The van der Waals surface area contributed by atoms with E-state index in [1.54, 1.807) is 38.6 Å². The van der Waals surface area contributed by atoms with Gasteiger partial charge in [0.05, 0.1) is 19.5 Å². The Morgan fingerprint density at radius 2 is 2.07 bits per heavy atom. The van der Waals surface area contributed by atoms with Crippen molar-refractivity contribution < 1.29 is 14.9 Å². The van der Waals surface area contributed by atoms with E-state index in [0.29, 0.717) is 47.3 Å². The molecule has 0 amide bonds. The first-order valence-electron chi connectivity index (χ1n) is 8.76. The normalized spacial score (nSPS) is 12.1. The molecule has 0 saturated heterocycles. The molecule has 9 nitrogen and oxygen atoms in total. The molecule has 0 bridgehead atoms. The molecule has 0 aliphatic heterocycles. The molecule has 2 aromatic heterocycles. The number of aliphatic hydroxyl groups is 1. The Morgan fingerprint density at radius 3 is 2.78 bits per heavy atom. The second kappa shape index (κ2) is 8.09. The van der Waals surface area contributed by atoms with Gasteiger partial charge in [-0.25, -0.2) is 4.98 Å². The van der Waals surface area contributed by atoms with Crippen molar-refractivity contribution in [1.82, 2.24) is 19.5 Å². The number of phenolic OH excluding ortho intramolecular Hbond substituents is 1. The van der Waals surface area contributed by atoms with Crippen LogP contribution in [0.25, 0.3) is 11.2 Å². The summed E-state index contributed by atoms with van der Waals surface area (Å²) in [5.74, 6) is 1.77. The van der Waals surface area contributed by atoms with E-state index < -0.39 is 6.10 Å². The lowest BCUT2D eigenvalue weighted by Gasteiger charge is -2.12. The average molecular weight is 372 g/mol. The number of nitrogens with zero attached hydrogens (tertiary/aromatic N) is 4. The summed E-state index contributed by atoms with van der Waals surface area (Å²) >= 11 is 0. The Morgan fingerprint density at radius 1 is 1.26 bits per heavy atom. The molecule has 3 aromatic rings. The summed E-state index contributed by atoms with van der Waals surface area (Å²) in [5.41, 5.74) is 2.01. The Kier molecular flexibility index (Phi) is 5.60. The van der Waals surface area contributed by atoms with Crippen molar-refractivity contribution in [2.24, 2.45) is 0 Å². The Bertz CT molecular complexity index is 925. The number of hydrogen-bond acceptors (Lipinski definition) is 8. The highest BCUT2D eigenvalue weighted by Gasteiger charge is 2.14. The van der Waals surface area contributed by atoms with Gasteiger partial charge in [0.1, 0.15) is 11.5 Å². The minimum absolute atomic E-state index is 0.167. The number of aromatic hydroxyl groups is 1. The van der Waals surface area contributed by atoms with Crippen LogP contribution < -0.4 is 15.4 Å². The number of imidazole rings is 1. The zero-order valence-corrected chi connectivity index (χ0v) is 15.6. The molecule has 1 unspecified atom stereocenters. The molecular weight excluding hydrogens is 348 g/mol. The maximum Gasteiger partial charge on any atom is 0.226 e. The standard InChI is InChI=1S/C18H24N6O3/c1-4-24-10-21-15-16(22-18(23-17(15)24)20-8-11(2)25)19-9-12-7-13(27-3)5-6-14(12)26/h5-7,10-11,25-26H,4,8-9H2,1-3H3,(H2,19,20,22,23). The molecule has 0 radical (unpaired) electrons. The number of hydrogen-bond donors (Lipinski definition) is 4. The molecule has 2 heterocycles. The third kappa shape index (κ3) is 4.20. The first-order valence-corrected chi connectivity index (χ1v) is 8.76. The van der Waals surface area contributed by atoms with Crippen LogP contribution in [0.4, 0.5) is 11.8 Å². The van der Waals surface area contributed by atoms with E-state index in [4.69, 9.17) is 4.74 Å². The van der Waals surface area contributed by atoms with Crippen molar-refractivity contribution >= 4 is 22.9 Å². The summed E-state index contributed by atoms with van der Waals surface area (Å²) < 4.78 is 7.13. The quantitative estimate of drug-likeness (QED) is 0.474. The van der Waals surface area contributed by atoms with Crippen LogP contribution in [0.15, 0.2) is 24.5 Å². The SMILES string of the molecule is CCn1cnc2c(NCc3cc(OC)ccc3O)nc(NCC(C)O)nc21. The fourth-order valence-electron chi connectivity index (χ4n) is 2.63. The van der Waals surface area contributed by atoms with Crippen LogP contribution in [0.2, 0.25) is 0 Å². The average Bonchev–Trinajstić information content (AvgIpc) is 3.08. The van der Waals surface area contributed by atoms with Gasteiger partial charge in [0.15, 0.2) is 17.0 Å². The molecule has 3 rings (SSSR count). The molecule has 0 fully saturated rings. The van der Waals surface area contributed by atoms with Gasteiger partial charge in [0.2, 0.25) is 5.95 Å². The van der Waals surface area contributed by atoms with Crippen molar-refractivity contribution in [1.29, 1.82) is 0 Å². The Labute approximate surface area is 157 Å². The first kappa shape index (κ1) is 18.7. The van der Waals surface area contributed by atoms with Crippen LogP contribution in [-0.2, 0) is 13.1 Å². The molecule has 0 aliphatic carbocycles. The summed E-state index contributed by atoms with van der Waals surface area (Å²) in [7, 11) is 1.58. The van der Waals surface area contributed by atoms with E-state index in [2.05, 4.69) is 25.6 Å². The summed E-state index contributed by atoms with van der Waals surface area (Å²) in [6.45, 7) is 5.09. The Balaban J connectivity index is 1.91. The molecule has 144 valence electrons. The zero-order valence-electron chi connectivity index (χ0n) is 15.6. The number of aliphatic hydroxyl groups excluding tert-OH is 1. The van der Waals surface area contributed by atoms with E-state index in [0.717, 1.165) is 6.54 Å². The molecule has 4 N–H and O–H groups in total. The molecule has 0 aliphatic rings. The number of aromatic nitrogens is 4. The van der Waals surface area contributed by atoms with Gasteiger partial charge in [-0.15, -0.1) is 0 Å². The minimum atomic E-state index is -0.523. The van der Waals surface area contributed by atoms with Gasteiger partial charge in [-0.3, -0.25) is 0 Å². The van der Waals surface area contributed by atoms with Crippen LogP contribution in [-0.4, -0.2) is 49.5 Å². The van der Waals surface area contributed by atoms with E-state index in [1.165, 1.54) is 0 Å². The lowest BCUT2D eigenvalue weighted by Crippen LogP contribution is -2.17. The minimum Gasteiger partial charge on any atom is -0.508 e. The Hall–Kier alpha value is -3.07. The van der Waals surface area contributed by atoms with Crippen LogP contribution >= 0.6 is 0 Å². The molecule has 1 atom stereocenters. The molecule has 0 saturated carbocycles. The number of rotatable bonds is 8. The van der Waals surface area contributed by atoms with E-state index in [1.807, 2.05) is 11.5 Å². The predicted molar refractivity (Wildman–Crippen MR) is 103 cm³/mol. The predicted octanol–water partition coefficient (Wildman–Crippen LogP) is 1.97. The fourth-order valence-corrected chi connectivity index (χ4v) is 2.63. The maximum atomic E-state index is 10.1.